The van der Waals surface area contributed by atoms with E-state index in [0.29, 0.717) is 10.9 Å². The van der Waals surface area contributed by atoms with E-state index in [1.54, 1.807) is 0 Å². The Balaban J connectivity index is 2.44. The molecule has 0 saturated carbocycles. The smallest absolute Gasteiger partial charge is 0.126 e. The quantitative estimate of drug-likeness (QED) is 0.910. The fourth-order valence-corrected chi connectivity index (χ4v) is 2.30. The van der Waals surface area contributed by atoms with Gasteiger partial charge in [-0.15, -0.1) is 0 Å². The number of hydrogen-bond donors (Lipinski definition) is 1. The SMILES string of the molecule is CC(C)CC(N)c1nc2cc(Cl)ccc2n1C. The van der Waals surface area contributed by atoms with Gasteiger partial charge in [0.1, 0.15) is 5.82 Å². The number of nitrogens with two attached hydrogens (primary N) is 1. The lowest BCUT2D eigenvalue weighted by Gasteiger charge is -2.13. The highest BCUT2D eigenvalue weighted by Gasteiger charge is 2.16. The van der Waals surface area contributed by atoms with E-state index in [9.17, 15) is 0 Å². The first kappa shape index (κ1) is 12.4. The molecule has 0 amide bonds. The van der Waals surface area contributed by atoms with Crippen LogP contribution in [0.25, 0.3) is 11.0 Å². The van der Waals surface area contributed by atoms with E-state index in [4.69, 9.17) is 17.3 Å². The molecule has 4 heteroatoms. The van der Waals surface area contributed by atoms with Gasteiger partial charge in [0, 0.05) is 12.1 Å². The van der Waals surface area contributed by atoms with Crippen LogP contribution in [0, 0.1) is 5.92 Å². The number of halogens is 1. The second kappa shape index (κ2) is 4.67. The summed E-state index contributed by atoms with van der Waals surface area (Å²) in [5, 5.41) is 0.708. The van der Waals surface area contributed by atoms with Crippen LogP contribution in [0.1, 0.15) is 32.1 Å². The number of hydrogen-bond acceptors (Lipinski definition) is 2. The Labute approximate surface area is 107 Å². The van der Waals surface area contributed by atoms with E-state index in [2.05, 4.69) is 23.4 Å². The summed E-state index contributed by atoms with van der Waals surface area (Å²) in [6.45, 7) is 4.33. The Bertz CT molecular complexity index is 531. The van der Waals surface area contributed by atoms with Crippen LogP contribution in [0.4, 0.5) is 0 Å². The maximum Gasteiger partial charge on any atom is 0.126 e. The van der Waals surface area contributed by atoms with Gasteiger partial charge < -0.3 is 10.3 Å². The summed E-state index contributed by atoms with van der Waals surface area (Å²) in [5.74, 6) is 1.49. The van der Waals surface area contributed by atoms with Crippen molar-refractivity contribution in [1.82, 2.24) is 9.55 Å². The summed E-state index contributed by atoms with van der Waals surface area (Å²) < 4.78 is 2.05. The molecular formula is C13H18ClN3. The molecule has 17 heavy (non-hydrogen) atoms. The summed E-state index contributed by atoms with van der Waals surface area (Å²) in [6, 6.07) is 5.72. The topological polar surface area (TPSA) is 43.8 Å². The van der Waals surface area contributed by atoms with Gasteiger partial charge >= 0.3 is 0 Å². The van der Waals surface area contributed by atoms with Gasteiger partial charge in [-0.25, -0.2) is 4.98 Å². The first-order valence-corrected chi connectivity index (χ1v) is 6.24. The molecule has 2 N–H and O–H groups in total. The zero-order chi connectivity index (χ0) is 12.6. The number of nitrogens with zero attached hydrogens (tertiary/aromatic N) is 2. The van der Waals surface area contributed by atoms with E-state index < -0.39 is 0 Å². The number of imidazole rings is 1. The van der Waals surface area contributed by atoms with Crippen LogP contribution in [0.2, 0.25) is 5.02 Å². The maximum absolute atomic E-state index is 6.18. The van der Waals surface area contributed by atoms with Crippen LogP contribution in [0.3, 0.4) is 0 Å². The average molecular weight is 252 g/mol. The van der Waals surface area contributed by atoms with Crippen molar-refractivity contribution < 1.29 is 0 Å². The number of fused-ring (bicyclic) bond motifs is 1. The Morgan fingerprint density at radius 2 is 2.12 bits per heavy atom. The Kier molecular flexibility index (Phi) is 3.40. The van der Waals surface area contributed by atoms with Crippen LogP contribution in [-0.4, -0.2) is 9.55 Å². The summed E-state index contributed by atoms with van der Waals surface area (Å²) in [6.07, 6.45) is 0.935. The molecule has 92 valence electrons. The largest absolute Gasteiger partial charge is 0.330 e. The second-order valence-corrected chi connectivity index (χ2v) is 5.33. The molecule has 1 unspecified atom stereocenters. The first-order chi connectivity index (χ1) is 7.99. The maximum atomic E-state index is 6.18. The Morgan fingerprint density at radius 3 is 2.76 bits per heavy atom. The molecule has 1 heterocycles. The molecule has 0 fully saturated rings. The molecule has 0 aliphatic rings. The second-order valence-electron chi connectivity index (χ2n) is 4.90. The zero-order valence-electron chi connectivity index (χ0n) is 10.4. The third kappa shape index (κ3) is 2.45. The summed E-state index contributed by atoms with van der Waals surface area (Å²) >= 11 is 5.96. The lowest BCUT2D eigenvalue weighted by atomic mass is 10.0. The van der Waals surface area contributed by atoms with Gasteiger partial charge in [-0.05, 0) is 30.5 Å². The minimum absolute atomic E-state index is 0.0221. The predicted octanol–water partition coefficient (Wildman–Crippen LogP) is 3.27. The van der Waals surface area contributed by atoms with Crippen molar-refractivity contribution in [2.24, 2.45) is 18.7 Å². The van der Waals surface area contributed by atoms with Crippen molar-refractivity contribution in [3.8, 4) is 0 Å². The number of benzene rings is 1. The molecule has 3 nitrogen and oxygen atoms in total. The monoisotopic (exact) mass is 251 g/mol. The van der Waals surface area contributed by atoms with Gasteiger partial charge in [0.15, 0.2) is 0 Å². The van der Waals surface area contributed by atoms with Gasteiger partial charge in [-0.2, -0.15) is 0 Å². The fourth-order valence-electron chi connectivity index (χ4n) is 2.14. The van der Waals surface area contributed by atoms with Crippen molar-refractivity contribution in [3.05, 3.63) is 29.0 Å². The van der Waals surface area contributed by atoms with Crippen molar-refractivity contribution in [2.75, 3.05) is 0 Å². The number of aryl methyl sites for hydroxylation is 1. The van der Waals surface area contributed by atoms with Crippen LogP contribution in [0.5, 0.6) is 0 Å². The van der Waals surface area contributed by atoms with Crippen molar-refractivity contribution in [2.45, 2.75) is 26.3 Å². The van der Waals surface area contributed by atoms with E-state index in [1.165, 1.54) is 0 Å². The highest BCUT2D eigenvalue weighted by molar-refractivity contribution is 6.31. The predicted molar refractivity (Wildman–Crippen MR) is 72.1 cm³/mol. The molecule has 0 radical (unpaired) electrons. The van der Waals surface area contributed by atoms with Crippen LogP contribution < -0.4 is 5.73 Å². The molecular weight excluding hydrogens is 234 g/mol. The molecule has 2 aromatic rings. The summed E-state index contributed by atoms with van der Waals surface area (Å²) in [5.41, 5.74) is 8.17. The Hall–Kier alpha value is -1.06. The molecule has 0 aliphatic carbocycles. The van der Waals surface area contributed by atoms with Gasteiger partial charge in [0.2, 0.25) is 0 Å². The Morgan fingerprint density at radius 1 is 1.41 bits per heavy atom. The number of aromatic nitrogens is 2. The van der Waals surface area contributed by atoms with Crippen LogP contribution in [0.15, 0.2) is 18.2 Å². The standard InChI is InChI=1S/C13H18ClN3/c1-8(2)6-10(15)13-16-11-7-9(14)4-5-12(11)17(13)3/h4-5,7-8,10H,6,15H2,1-3H3. The highest BCUT2D eigenvalue weighted by Crippen LogP contribution is 2.24. The normalized spacial score (nSPS) is 13.5. The highest BCUT2D eigenvalue weighted by atomic mass is 35.5. The molecule has 1 atom stereocenters. The van der Waals surface area contributed by atoms with Gasteiger partial charge in [0.05, 0.1) is 17.1 Å². The first-order valence-electron chi connectivity index (χ1n) is 5.86. The summed E-state index contributed by atoms with van der Waals surface area (Å²) in [4.78, 5) is 4.58. The lowest BCUT2D eigenvalue weighted by molar-refractivity contribution is 0.485. The third-order valence-corrected chi connectivity index (χ3v) is 3.17. The molecule has 0 spiro atoms. The summed E-state index contributed by atoms with van der Waals surface area (Å²) in [7, 11) is 2.00. The third-order valence-electron chi connectivity index (χ3n) is 2.93. The molecule has 2 rings (SSSR count). The molecule has 1 aromatic heterocycles. The van der Waals surface area contributed by atoms with E-state index in [1.807, 2.05) is 25.2 Å². The lowest BCUT2D eigenvalue weighted by Crippen LogP contribution is -2.17. The van der Waals surface area contributed by atoms with E-state index in [-0.39, 0.29) is 6.04 Å². The van der Waals surface area contributed by atoms with Crippen molar-refractivity contribution >= 4 is 22.6 Å². The van der Waals surface area contributed by atoms with Crippen LogP contribution in [-0.2, 0) is 7.05 Å². The van der Waals surface area contributed by atoms with E-state index >= 15 is 0 Å². The fraction of sp³-hybridized carbons (Fsp3) is 0.462. The minimum atomic E-state index is -0.0221. The van der Waals surface area contributed by atoms with Gasteiger partial charge in [0.25, 0.3) is 0 Å². The van der Waals surface area contributed by atoms with Crippen LogP contribution >= 0.6 is 11.6 Å². The molecule has 0 bridgehead atoms. The molecule has 0 aliphatic heterocycles. The molecule has 1 aromatic carbocycles. The van der Waals surface area contributed by atoms with Crippen molar-refractivity contribution in [3.63, 3.8) is 0 Å². The number of rotatable bonds is 3. The van der Waals surface area contributed by atoms with Crippen molar-refractivity contribution in [1.29, 1.82) is 0 Å². The van der Waals surface area contributed by atoms with Gasteiger partial charge in [-0.3, -0.25) is 0 Å². The molecule has 0 saturated heterocycles. The zero-order valence-corrected chi connectivity index (χ0v) is 11.2. The average Bonchev–Trinajstić information content (AvgIpc) is 2.54. The van der Waals surface area contributed by atoms with Gasteiger partial charge in [-0.1, -0.05) is 25.4 Å². The van der Waals surface area contributed by atoms with E-state index in [0.717, 1.165) is 23.3 Å². The minimum Gasteiger partial charge on any atom is -0.330 e.